The van der Waals surface area contributed by atoms with Crippen LogP contribution in [-0.4, -0.2) is 48.5 Å². The van der Waals surface area contributed by atoms with Gasteiger partial charge in [-0.25, -0.2) is 4.98 Å². The van der Waals surface area contributed by atoms with Crippen LogP contribution in [0.25, 0.3) is 0 Å². The molecule has 0 bridgehead atoms. The van der Waals surface area contributed by atoms with E-state index in [2.05, 4.69) is 15.2 Å². The number of benzene rings is 1. The lowest BCUT2D eigenvalue weighted by molar-refractivity contribution is -0.137. The first kappa shape index (κ1) is 22.1. The Kier molecular flexibility index (Phi) is 6.97. The number of nitrogens with zero attached hydrogens (tertiary/aromatic N) is 3. The van der Waals surface area contributed by atoms with E-state index in [1.807, 2.05) is 43.0 Å². The first-order valence-electron chi connectivity index (χ1n) is 10.1. The van der Waals surface area contributed by atoms with Gasteiger partial charge in [-0.2, -0.15) is 13.2 Å². The maximum atomic E-state index is 12.7. The van der Waals surface area contributed by atoms with Crippen molar-refractivity contribution in [2.24, 2.45) is 0 Å². The number of alkyl halides is 3. The third-order valence-corrected chi connectivity index (χ3v) is 5.39. The van der Waals surface area contributed by atoms with E-state index in [0.29, 0.717) is 32.0 Å². The highest BCUT2D eigenvalue weighted by Crippen LogP contribution is 2.29. The van der Waals surface area contributed by atoms with Crippen LogP contribution in [0.4, 0.5) is 19.0 Å². The number of aromatic nitrogens is 1. The van der Waals surface area contributed by atoms with Gasteiger partial charge < -0.3 is 10.2 Å². The Balaban J connectivity index is 1.52. The number of carbonyl (C=O) groups excluding carboxylic acids is 1. The molecule has 0 spiro atoms. The van der Waals surface area contributed by atoms with Crippen LogP contribution in [-0.2, 0) is 11.0 Å². The van der Waals surface area contributed by atoms with Crippen molar-refractivity contribution < 1.29 is 18.0 Å². The SMILES string of the molecule is Cc1ccccc1C(C)NC(=O)CN1CCCN(c2ccc(C(F)(F)F)cn2)CC1. The van der Waals surface area contributed by atoms with Gasteiger partial charge in [0.15, 0.2) is 0 Å². The molecule has 1 saturated heterocycles. The summed E-state index contributed by atoms with van der Waals surface area (Å²) in [7, 11) is 0. The number of amides is 1. The lowest BCUT2D eigenvalue weighted by Gasteiger charge is -2.23. The van der Waals surface area contributed by atoms with Crippen LogP contribution >= 0.6 is 0 Å². The molecule has 0 radical (unpaired) electrons. The van der Waals surface area contributed by atoms with Crippen LogP contribution in [0.5, 0.6) is 0 Å². The molecule has 8 heteroatoms. The predicted octanol–water partition coefficient (Wildman–Crippen LogP) is 3.80. The van der Waals surface area contributed by atoms with Gasteiger partial charge in [-0.1, -0.05) is 24.3 Å². The molecule has 30 heavy (non-hydrogen) atoms. The van der Waals surface area contributed by atoms with E-state index in [0.717, 1.165) is 36.4 Å². The first-order chi connectivity index (χ1) is 14.2. The number of hydrogen-bond donors (Lipinski definition) is 1. The molecular weight excluding hydrogens is 393 g/mol. The van der Waals surface area contributed by atoms with E-state index >= 15 is 0 Å². The third-order valence-electron chi connectivity index (χ3n) is 5.39. The molecule has 3 rings (SSSR count). The van der Waals surface area contributed by atoms with Gasteiger partial charge in [0.2, 0.25) is 5.91 Å². The Bertz CT molecular complexity index is 854. The second-order valence-corrected chi connectivity index (χ2v) is 7.67. The van der Waals surface area contributed by atoms with Gasteiger partial charge >= 0.3 is 6.18 Å². The molecule has 2 aromatic rings. The maximum absolute atomic E-state index is 12.7. The molecular formula is C22H27F3N4O. The van der Waals surface area contributed by atoms with Crippen LogP contribution in [0.1, 0.15) is 36.1 Å². The van der Waals surface area contributed by atoms with Crippen molar-refractivity contribution in [3.05, 3.63) is 59.3 Å². The van der Waals surface area contributed by atoms with Crippen molar-refractivity contribution in [1.29, 1.82) is 0 Å². The first-order valence-corrected chi connectivity index (χ1v) is 10.1. The van der Waals surface area contributed by atoms with Crippen molar-refractivity contribution in [2.45, 2.75) is 32.5 Å². The van der Waals surface area contributed by atoms with Crippen LogP contribution in [0.3, 0.4) is 0 Å². The second-order valence-electron chi connectivity index (χ2n) is 7.67. The third kappa shape index (κ3) is 5.72. The summed E-state index contributed by atoms with van der Waals surface area (Å²) in [6.45, 7) is 7.00. The van der Waals surface area contributed by atoms with Gasteiger partial charge in [-0.3, -0.25) is 9.69 Å². The normalized spacial score (nSPS) is 16.8. The van der Waals surface area contributed by atoms with Crippen molar-refractivity contribution in [1.82, 2.24) is 15.2 Å². The number of rotatable bonds is 5. The molecule has 5 nitrogen and oxygen atoms in total. The number of anilines is 1. The molecule has 0 saturated carbocycles. The maximum Gasteiger partial charge on any atom is 0.417 e. The number of hydrogen-bond acceptors (Lipinski definition) is 4. The summed E-state index contributed by atoms with van der Waals surface area (Å²) in [5.74, 6) is 0.495. The predicted molar refractivity (Wildman–Crippen MR) is 110 cm³/mol. The highest BCUT2D eigenvalue weighted by atomic mass is 19.4. The fourth-order valence-corrected chi connectivity index (χ4v) is 3.74. The minimum Gasteiger partial charge on any atom is -0.355 e. The van der Waals surface area contributed by atoms with E-state index in [9.17, 15) is 18.0 Å². The average molecular weight is 420 g/mol. The highest BCUT2D eigenvalue weighted by Gasteiger charge is 2.31. The summed E-state index contributed by atoms with van der Waals surface area (Å²) in [6.07, 6.45) is -2.70. The lowest BCUT2D eigenvalue weighted by atomic mass is 10.0. The average Bonchev–Trinajstić information content (AvgIpc) is 2.93. The van der Waals surface area contributed by atoms with Gasteiger partial charge in [0.05, 0.1) is 18.2 Å². The zero-order valence-electron chi connectivity index (χ0n) is 17.2. The summed E-state index contributed by atoms with van der Waals surface area (Å²) in [6, 6.07) is 10.4. The number of halogens is 3. The zero-order valence-corrected chi connectivity index (χ0v) is 17.2. The Hall–Kier alpha value is -2.61. The topological polar surface area (TPSA) is 48.5 Å². The van der Waals surface area contributed by atoms with Crippen LogP contribution < -0.4 is 10.2 Å². The molecule has 1 N–H and O–H groups in total. The van der Waals surface area contributed by atoms with E-state index in [-0.39, 0.29) is 11.9 Å². The summed E-state index contributed by atoms with van der Waals surface area (Å²) < 4.78 is 38.2. The van der Waals surface area contributed by atoms with Crippen molar-refractivity contribution in [3.8, 4) is 0 Å². The molecule has 1 aliphatic heterocycles. The molecule has 1 aromatic heterocycles. The fourth-order valence-electron chi connectivity index (χ4n) is 3.74. The van der Waals surface area contributed by atoms with Crippen molar-refractivity contribution >= 4 is 11.7 Å². The van der Waals surface area contributed by atoms with Gasteiger partial charge in [0.25, 0.3) is 0 Å². The molecule has 1 unspecified atom stereocenters. The summed E-state index contributed by atoms with van der Waals surface area (Å²) >= 11 is 0. The number of aryl methyl sites for hydroxylation is 1. The van der Waals surface area contributed by atoms with Gasteiger partial charge in [0, 0.05) is 32.4 Å². The molecule has 1 aromatic carbocycles. The molecule has 162 valence electrons. The van der Waals surface area contributed by atoms with Crippen molar-refractivity contribution in [2.75, 3.05) is 37.6 Å². The standard InChI is InChI=1S/C22H27F3N4O/c1-16-6-3-4-7-19(16)17(2)27-21(30)15-28-10-5-11-29(13-12-28)20-9-8-18(14-26-20)22(23,24)25/h3-4,6-9,14,17H,5,10-13,15H2,1-2H3,(H,27,30). The van der Waals surface area contributed by atoms with E-state index in [4.69, 9.17) is 0 Å². The minimum absolute atomic E-state index is 0.0353. The summed E-state index contributed by atoms with van der Waals surface area (Å²) in [5.41, 5.74) is 1.49. The molecule has 1 atom stereocenters. The molecule has 1 amide bonds. The summed E-state index contributed by atoms with van der Waals surface area (Å²) in [5, 5.41) is 3.05. The molecule has 1 aliphatic rings. The quantitative estimate of drug-likeness (QED) is 0.800. The molecule has 2 heterocycles. The number of pyridine rings is 1. The molecule has 0 aliphatic carbocycles. The van der Waals surface area contributed by atoms with Crippen LogP contribution in [0.15, 0.2) is 42.6 Å². The largest absolute Gasteiger partial charge is 0.417 e. The van der Waals surface area contributed by atoms with Gasteiger partial charge in [-0.05, 0) is 43.5 Å². The highest BCUT2D eigenvalue weighted by molar-refractivity contribution is 5.78. The summed E-state index contributed by atoms with van der Waals surface area (Å²) in [4.78, 5) is 20.5. The zero-order chi connectivity index (χ0) is 21.7. The van der Waals surface area contributed by atoms with E-state index in [1.54, 1.807) is 0 Å². The number of carbonyl (C=O) groups is 1. The number of nitrogens with one attached hydrogen (secondary N) is 1. The Morgan fingerprint density at radius 2 is 1.90 bits per heavy atom. The Labute approximate surface area is 174 Å². The monoisotopic (exact) mass is 420 g/mol. The Morgan fingerprint density at radius 3 is 2.57 bits per heavy atom. The minimum atomic E-state index is -4.39. The van der Waals surface area contributed by atoms with Gasteiger partial charge in [-0.15, -0.1) is 0 Å². The van der Waals surface area contributed by atoms with Crippen LogP contribution in [0.2, 0.25) is 0 Å². The molecule has 1 fully saturated rings. The Morgan fingerprint density at radius 1 is 1.13 bits per heavy atom. The fraction of sp³-hybridized carbons (Fsp3) is 0.455. The second kappa shape index (κ2) is 9.47. The van der Waals surface area contributed by atoms with E-state index < -0.39 is 11.7 Å². The lowest BCUT2D eigenvalue weighted by Crippen LogP contribution is -2.40. The van der Waals surface area contributed by atoms with Crippen molar-refractivity contribution in [3.63, 3.8) is 0 Å². The van der Waals surface area contributed by atoms with Crippen LogP contribution in [0, 0.1) is 6.92 Å². The van der Waals surface area contributed by atoms with Gasteiger partial charge in [0.1, 0.15) is 5.82 Å². The van der Waals surface area contributed by atoms with E-state index in [1.165, 1.54) is 6.07 Å². The smallest absolute Gasteiger partial charge is 0.355 e.